The summed E-state index contributed by atoms with van der Waals surface area (Å²) in [5.74, 6) is 1.70. The van der Waals surface area contributed by atoms with Crippen LogP contribution in [0.5, 0.6) is 0 Å². The summed E-state index contributed by atoms with van der Waals surface area (Å²) in [4.78, 5) is 15.0. The molecule has 1 atom stereocenters. The molecule has 1 unspecified atom stereocenters. The zero-order chi connectivity index (χ0) is 18.7. The molecule has 4 heteroatoms. The van der Waals surface area contributed by atoms with Crippen LogP contribution in [0.3, 0.4) is 0 Å². The van der Waals surface area contributed by atoms with Gasteiger partial charge in [0.2, 0.25) is 5.91 Å². The van der Waals surface area contributed by atoms with E-state index in [2.05, 4.69) is 30.8 Å². The van der Waals surface area contributed by atoms with E-state index >= 15 is 0 Å². The van der Waals surface area contributed by atoms with Crippen molar-refractivity contribution >= 4 is 5.91 Å². The molecule has 1 aliphatic rings. The maximum atomic E-state index is 12.9. The van der Waals surface area contributed by atoms with Crippen molar-refractivity contribution in [2.45, 2.75) is 53.4 Å². The van der Waals surface area contributed by atoms with Gasteiger partial charge in [-0.2, -0.15) is 5.10 Å². The summed E-state index contributed by atoms with van der Waals surface area (Å²) in [5.41, 5.74) is 4.14. The first-order chi connectivity index (χ1) is 12.5. The van der Waals surface area contributed by atoms with E-state index in [1.165, 1.54) is 6.42 Å². The van der Waals surface area contributed by atoms with Crippen molar-refractivity contribution < 1.29 is 4.79 Å². The van der Waals surface area contributed by atoms with Crippen LogP contribution < -0.4 is 0 Å². The second kappa shape index (κ2) is 8.07. The molecule has 0 spiro atoms. The number of carbonyl (C=O) groups excluding carboxylic acids is 1. The molecule has 0 aliphatic carbocycles. The number of aryl methyl sites for hydroxylation is 1. The lowest BCUT2D eigenvalue weighted by molar-refractivity contribution is -0.130. The van der Waals surface area contributed by atoms with Crippen LogP contribution in [0.15, 0.2) is 30.3 Å². The molecule has 2 heterocycles. The summed E-state index contributed by atoms with van der Waals surface area (Å²) < 4.78 is 1.95. The van der Waals surface area contributed by atoms with Crippen molar-refractivity contribution in [1.29, 1.82) is 0 Å². The number of benzene rings is 1. The van der Waals surface area contributed by atoms with Crippen molar-refractivity contribution in [2.24, 2.45) is 11.8 Å². The van der Waals surface area contributed by atoms with E-state index in [4.69, 9.17) is 0 Å². The van der Waals surface area contributed by atoms with Crippen molar-refractivity contribution in [3.05, 3.63) is 47.3 Å². The normalized spacial score (nSPS) is 18.2. The summed E-state index contributed by atoms with van der Waals surface area (Å²) >= 11 is 0. The number of nitrogens with zero attached hydrogens (tertiary/aromatic N) is 3. The van der Waals surface area contributed by atoms with Crippen molar-refractivity contribution in [3.63, 3.8) is 0 Å². The first kappa shape index (κ1) is 18.7. The highest BCUT2D eigenvalue weighted by atomic mass is 16.2. The van der Waals surface area contributed by atoms with E-state index < -0.39 is 0 Å². The third-order valence-electron chi connectivity index (χ3n) is 5.84. The Hall–Kier alpha value is -2.10. The van der Waals surface area contributed by atoms with Gasteiger partial charge in [-0.05, 0) is 57.1 Å². The van der Waals surface area contributed by atoms with Crippen molar-refractivity contribution in [1.82, 2.24) is 14.7 Å². The molecule has 1 saturated heterocycles. The molecule has 1 aromatic heterocycles. The molecule has 1 fully saturated rings. The van der Waals surface area contributed by atoms with Gasteiger partial charge in [0.1, 0.15) is 0 Å². The van der Waals surface area contributed by atoms with Gasteiger partial charge < -0.3 is 4.90 Å². The molecule has 140 valence electrons. The maximum absolute atomic E-state index is 12.9. The second-order valence-corrected chi connectivity index (χ2v) is 7.89. The van der Waals surface area contributed by atoms with E-state index in [0.29, 0.717) is 12.3 Å². The highest BCUT2D eigenvalue weighted by Crippen LogP contribution is 2.25. The van der Waals surface area contributed by atoms with E-state index in [1.54, 1.807) is 0 Å². The molecule has 2 aromatic rings. The third-order valence-corrected chi connectivity index (χ3v) is 5.84. The molecular weight excluding hydrogens is 322 g/mol. The summed E-state index contributed by atoms with van der Waals surface area (Å²) in [6.45, 7) is 10.5. The first-order valence-electron chi connectivity index (χ1n) is 9.85. The Morgan fingerprint density at radius 2 is 1.88 bits per heavy atom. The Balaban J connectivity index is 1.73. The average Bonchev–Trinajstić information content (AvgIpc) is 2.83. The van der Waals surface area contributed by atoms with Gasteiger partial charge in [0, 0.05) is 24.3 Å². The van der Waals surface area contributed by atoms with Gasteiger partial charge in [-0.15, -0.1) is 0 Å². The fourth-order valence-electron chi connectivity index (χ4n) is 4.05. The second-order valence-electron chi connectivity index (χ2n) is 7.89. The number of carbonyl (C=O) groups is 1. The van der Waals surface area contributed by atoms with E-state index in [9.17, 15) is 4.79 Å². The SMILES string of the molecule is Cc1nn(-c2ccccc2)c(C)c1CC(=O)N1CCCC(C(C)C)CC1. The van der Waals surface area contributed by atoms with Gasteiger partial charge in [0.15, 0.2) is 0 Å². The van der Waals surface area contributed by atoms with Crippen LogP contribution >= 0.6 is 0 Å². The Morgan fingerprint density at radius 3 is 2.58 bits per heavy atom. The van der Waals surface area contributed by atoms with E-state index in [0.717, 1.165) is 54.5 Å². The standard InChI is InChI=1S/C22H31N3O/c1-16(2)19-9-8-13-24(14-12-19)22(26)15-21-17(3)23-25(18(21)4)20-10-6-5-7-11-20/h5-7,10-11,16,19H,8-9,12-15H2,1-4H3. The Bertz CT molecular complexity index is 748. The topological polar surface area (TPSA) is 38.1 Å². The minimum absolute atomic E-state index is 0.244. The maximum Gasteiger partial charge on any atom is 0.227 e. The minimum Gasteiger partial charge on any atom is -0.342 e. The molecule has 4 nitrogen and oxygen atoms in total. The first-order valence-corrected chi connectivity index (χ1v) is 9.85. The minimum atomic E-state index is 0.244. The zero-order valence-corrected chi connectivity index (χ0v) is 16.5. The van der Waals surface area contributed by atoms with Crippen LogP contribution in [-0.4, -0.2) is 33.7 Å². The molecule has 26 heavy (non-hydrogen) atoms. The number of amides is 1. The Morgan fingerprint density at radius 1 is 1.15 bits per heavy atom. The number of hydrogen-bond acceptors (Lipinski definition) is 2. The lowest BCUT2D eigenvalue weighted by atomic mass is 9.89. The summed E-state index contributed by atoms with van der Waals surface area (Å²) in [5, 5.41) is 4.68. The van der Waals surface area contributed by atoms with E-state index in [1.807, 2.05) is 41.9 Å². The molecular formula is C22H31N3O. The smallest absolute Gasteiger partial charge is 0.227 e. The number of aromatic nitrogens is 2. The quantitative estimate of drug-likeness (QED) is 0.821. The molecule has 0 radical (unpaired) electrons. The summed E-state index contributed by atoms with van der Waals surface area (Å²) in [7, 11) is 0. The third kappa shape index (κ3) is 4.00. The van der Waals surface area contributed by atoms with Crippen LogP contribution in [0, 0.1) is 25.7 Å². The zero-order valence-electron chi connectivity index (χ0n) is 16.5. The molecule has 0 N–H and O–H groups in total. The largest absolute Gasteiger partial charge is 0.342 e. The Labute approximate surface area is 157 Å². The number of hydrogen-bond donors (Lipinski definition) is 0. The number of likely N-dealkylation sites (tertiary alicyclic amines) is 1. The van der Waals surface area contributed by atoms with Gasteiger partial charge in [-0.3, -0.25) is 4.79 Å². The van der Waals surface area contributed by atoms with Crippen molar-refractivity contribution in [3.8, 4) is 5.69 Å². The van der Waals surface area contributed by atoms with Crippen molar-refractivity contribution in [2.75, 3.05) is 13.1 Å². The molecule has 0 bridgehead atoms. The van der Waals surface area contributed by atoms with Crippen LogP contribution in [-0.2, 0) is 11.2 Å². The molecule has 1 amide bonds. The van der Waals surface area contributed by atoms with E-state index in [-0.39, 0.29) is 5.91 Å². The molecule has 1 aromatic carbocycles. The summed E-state index contributed by atoms with van der Waals surface area (Å²) in [6.07, 6.45) is 3.95. The fraction of sp³-hybridized carbons (Fsp3) is 0.545. The van der Waals surface area contributed by atoms with Gasteiger partial charge in [0.25, 0.3) is 0 Å². The number of rotatable bonds is 4. The van der Waals surface area contributed by atoms with Crippen LogP contribution in [0.4, 0.5) is 0 Å². The highest BCUT2D eigenvalue weighted by Gasteiger charge is 2.24. The average molecular weight is 354 g/mol. The monoisotopic (exact) mass is 353 g/mol. The fourth-order valence-corrected chi connectivity index (χ4v) is 4.05. The van der Waals surface area contributed by atoms with Crippen LogP contribution in [0.1, 0.15) is 50.1 Å². The van der Waals surface area contributed by atoms with Gasteiger partial charge >= 0.3 is 0 Å². The van der Waals surface area contributed by atoms with Crippen LogP contribution in [0.2, 0.25) is 0 Å². The predicted molar refractivity (Wildman–Crippen MR) is 106 cm³/mol. The predicted octanol–water partition coefficient (Wildman–Crippen LogP) is 4.32. The number of para-hydroxylation sites is 1. The lowest BCUT2D eigenvalue weighted by Crippen LogP contribution is -2.33. The van der Waals surface area contributed by atoms with Crippen LogP contribution in [0.25, 0.3) is 5.69 Å². The molecule has 1 aliphatic heterocycles. The molecule has 0 saturated carbocycles. The summed E-state index contributed by atoms with van der Waals surface area (Å²) in [6, 6.07) is 10.1. The lowest BCUT2D eigenvalue weighted by Gasteiger charge is -2.21. The highest BCUT2D eigenvalue weighted by molar-refractivity contribution is 5.79. The van der Waals surface area contributed by atoms with Gasteiger partial charge in [0.05, 0.1) is 17.8 Å². The molecule has 3 rings (SSSR count). The van der Waals surface area contributed by atoms with Gasteiger partial charge in [-0.1, -0.05) is 32.0 Å². The Kier molecular flexibility index (Phi) is 5.80. The van der Waals surface area contributed by atoms with Gasteiger partial charge in [-0.25, -0.2) is 4.68 Å².